The summed E-state index contributed by atoms with van der Waals surface area (Å²) in [6.45, 7) is 0. The fourth-order valence-corrected chi connectivity index (χ4v) is 1.20. The van der Waals surface area contributed by atoms with E-state index in [1.54, 1.807) is 0 Å². The van der Waals surface area contributed by atoms with Crippen LogP contribution in [0.1, 0.15) is 6.42 Å². The second kappa shape index (κ2) is 3.68. The Morgan fingerprint density at radius 2 is 1.91 bits per heavy atom. The molecule has 0 fully saturated rings. The van der Waals surface area contributed by atoms with E-state index in [9.17, 15) is 13.2 Å². The van der Waals surface area contributed by atoms with Crippen molar-refractivity contribution in [3.05, 3.63) is 0 Å². The van der Waals surface area contributed by atoms with Gasteiger partial charge in [-0.15, -0.1) is 0 Å². The SMILES string of the molecule is CN(C)S(=O)(=O)CCC(=O)O. The van der Waals surface area contributed by atoms with Crippen molar-refractivity contribution in [2.75, 3.05) is 19.8 Å². The van der Waals surface area contributed by atoms with Crippen molar-refractivity contribution < 1.29 is 18.3 Å². The van der Waals surface area contributed by atoms with Crippen molar-refractivity contribution in [3.8, 4) is 0 Å². The van der Waals surface area contributed by atoms with E-state index in [4.69, 9.17) is 5.11 Å². The van der Waals surface area contributed by atoms with Gasteiger partial charge in [-0.25, -0.2) is 12.7 Å². The van der Waals surface area contributed by atoms with Gasteiger partial charge >= 0.3 is 5.97 Å². The lowest BCUT2D eigenvalue weighted by atomic mass is 10.5. The molecule has 1 N–H and O–H groups in total. The number of carbonyl (C=O) groups is 1. The third-order valence-electron chi connectivity index (χ3n) is 1.13. The minimum absolute atomic E-state index is 0.338. The summed E-state index contributed by atoms with van der Waals surface area (Å²) in [6, 6.07) is 0. The summed E-state index contributed by atoms with van der Waals surface area (Å²) in [7, 11) is -0.596. The van der Waals surface area contributed by atoms with Crippen LogP contribution in [0.3, 0.4) is 0 Å². The molecular weight excluding hydrogens is 170 g/mol. The summed E-state index contributed by atoms with van der Waals surface area (Å²) >= 11 is 0. The number of nitrogens with zero attached hydrogens (tertiary/aromatic N) is 1. The number of carboxylic acids is 1. The van der Waals surface area contributed by atoms with E-state index in [-0.39, 0.29) is 12.2 Å². The summed E-state index contributed by atoms with van der Waals surface area (Å²) in [4.78, 5) is 9.99. The van der Waals surface area contributed by atoms with Gasteiger partial charge in [0.25, 0.3) is 0 Å². The predicted octanol–water partition coefficient (Wildman–Crippen LogP) is -0.648. The van der Waals surface area contributed by atoms with Gasteiger partial charge in [0, 0.05) is 14.1 Å². The first kappa shape index (κ1) is 10.4. The molecule has 0 atom stereocenters. The van der Waals surface area contributed by atoms with Crippen molar-refractivity contribution in [1.29, 1.82) is 0 Å². The molecule has 0 radical (unpaired) electrons. The highest BCUT2D eigenvalue weighted by molar-refractivity contribution is 7.89. The highest BCUT2D eigenvalue weighted by Crippen LogP contribution is 1.96. The molecule has 0 aromatic heterocycles. The summed E-state index contributed by atoms with van der Waals surface area (Å²) in [5.41, 5.74) is 0. The molecule has 0 spiro atoms. The van der Waals surface area contributed by atoms with Crippen LogP contribution in [0.25, 0.3) is 0 Å². The van der Waals surface area contributed by atoms with E-state index in [1.165, 1.54) is 14.1 Å². The zero-order valence-corrected chi connectivity index (χ0v) is 7.26. The third-order valence-corrected chi connectivity index (χ3v) is 2.96. The lowest BCUT2D eigenvalue weighted by molar-refractivity contribution is -0.136. The molecule has 0 unspecified atom stereocenters. The van der Waals surface area contributed by atoms with Crippen molar-refractivity contribution in [2.24, 2.45) is 0 Å². The third kappa shape index (κ3) is 3.94. The molecule has 0 aromatic carbocycles. The van der Waals surface area contributed by atoms with Gasteiger partial charge in [0.2, 0.25) is 10.0 Å². The molecule has 6 heteroatoms. The highest BCUT2D eigenvalue weighted by Gasteiger charge is 2.14. The molecule has 66 valence electrons. The van der Waals surface area contributed by atoms with Gasteiger partial charge in [-0.1, -0.05) is 0 Å². The molecule has 0 aliphatic carbocycles. The molecular formula is C5H11NO4S. The lowest BCUT2D eigenvalue weighted by Crippen LogP contribution is -2.26. The Balaban J connectivity index is 4.05. The topological polar surface area (TPSA) is 74.7 Å². The fraction of sp³-hybridized carbons (Fsp3) is 0.800. The Bertz CT molecular complexity index is 231. The van der Waals surface area contributed by atoms with Crippen LogP contribution < -0.4 is 0 Å². The average molecular weight is 181 g/mol. The Morgan fingerprint density at radius 1 is 1.45 bits per heavy atom. The van der Waals surface area contributed by atoms with Gasteiger partial charge in [-0.05, 0) is 0 Å². The molecule has 0 saturated heterocycles. The van der Waals surface area contributed by atoms with Crippen LogP contribution in [0.5, 0.6) is 0 Å². The number of aliphatic carboxylic acids is 1. The van der Waals surface area contributed by atoms with Crippen molar-refractivity contribution in [1.82, 2.24) is 4.31 Å². The zero-order chi connectivity index (χ0) is 9.07. The zero-order valence-electron chi connectivity index (χ0n) is 6.44. The van der Waals surface area contributed by atoms with E-state index in [2.05, 4.69) is 0 Å². The molecule has 5 nitrogen and oxygen atoms in total. The normalized spacial score (nSPS) is 11.9. The van der Waals surface area contributed by atoms with Crippen LogP contribution in [-0.4, -0.2) is 43.6 Å². The van der Waals surface area contributed by atoms with Crippen molar-refractivity contribution >= 4 is 16.0 Å². The van der Waals surface area contributed by atoms with Crippen LogP contribution >= 0.6 is 0 Å². The maximum atomic E-state index is 10.9. The molecule has 0 aliphatic rings. The number of rotatable bonds is 4. The largest absolute Gasteiger partial charge is 0.481 e. The Labute approximate surface area is 65.7 Å². The summed E-state index contributed by atoms with van der Waals surface area (Å²) in [5.74, 6) is -1.44. The van der Waals surface area contributed by atoms with E-state index in [0.29, 0.717) is 0 Å². The molecule has 0 saturated carbocycles. The summed E-state index contributed by atoms with van der Waals surface area (Å²) in [6.07, 6.45) is -0.347. The van der Waals surface area contributed by atoms with Crippen molar-refractivity contribution in [2.45, 2.75) is 6.42 Å². The van der Waals surface area contributed by atoms with Crippen molar-refractivity contribution in [3.63, 3.8) is 0 Å². The second-order valence-electron chi connectivity index (χ2n) is 2.24. The van der Waals surface area contributed by atoms with Crippen LogP contribution in [0.4, 0.5) is 0 Å². The quantitative estimate of drug-likeness (QED) is 0.625. The molecule has 0 amide bonds. The van der Waals surface area contributed by atoms with Gasteiger partial charge in [-0.3, -0.25) is 4.79 Å². The van der Waals surface area contributed by atoms with Gasteiger partial charge in [0.05, 0.1) is 12.2 Å². The van der Waals surface area contributed by atoms with Gasteiger partial charge in [-0.2, -0.15) is 0 Å². The molecule has 0 heterocycles. The Hall–Kier alpha value is -0.620. The number of carboxylic acid groups (broad SMARTS) is 1. The Morgan fingerprint density at radius 3 is 2.18 bits per heavy atom. The molecule has 0 bridgehead atoms. The van der Waals surface area contributed by atoms with Crippen LogP contribution in [-0.2, 0) is 14.8 Å². The van der Waals surface area contributed by atoms with Gasteiger partial charge < -0.3 is 5.11 Å². The molecule has 0 aromatic rings. The van der Waals surface area contributed by atoms with E-state index >= 15 is 0 Å². The molecule has 11 heavy (non-hydrogen) atoms. The highest BCUT2D eigenvalue weighted by atomic mass is 32.2. The predicted molar refractivity (Wildman–Crippen MR) is 39.7 cm³/mol. The van der Waals surface area contributed by atoms with E-state index in [1.807, 2.05) is 0 Å². The maximum Gasteiger partial charge on any atom is 0.304 e. The van der Waals surface area contributed by atoms with Crippen LogP contribution in [0.2, 0.25) is 0 Å². The standard InChI is InChI=1S/C5H11NO4S/c1-6(2)11(9,10)4-3-5(7)8/h3-4H2,1-2H3,(H,7,8). The maximum absolute atomic E-state index is 10.9. The van der Waals surface area contributed by atoms with E-state index in [0.717, 1.165) is 4.31 Å². The minimum atomic E-state index is -3.34. The number of hydrogen-bond acceptors (Lipinski definition) is 3. The van der Waals surface area contributed by atoms with Gasteiger partial charge in [0.15, 0.2) is 0 Å². The smallest absolute Gasteiger partial charge is 0.304 e. The summed E-state index contributed by atoms with van der Waals surface area (Å²) in [5, 5.41) is 8.18. The number of sulfonamides is 1. The average Bonchev–Trinajstić information content (AvgIpc) is 1.84. The first-order valence-electron chi connectivity index (χ1n) is 2.98. The fourth-order valence-electron chi connectivity index (χ4n) is 0.399. The minimum Gasteiger partial charge on any atom is -0.481 e. The first-order valence-corrected chi connectivity index (χ1v) is 4.59. The number of hydrogen-bond donors (Lipinski definition) is 1. The van der Waals surface area contributed by atoms with E-state index < -0.39 is 16.0 Å². The molecule has 0 rings (SSSR count). The van der Waals surface area contributed by atoms with Crippen LogP contribution in [0.15, 0.2) is 0 Å². The van der Waals surface area contributed by atoms with Crippen LogP contribution in [0, 0.1) is 0 Å². The summed E-state index contributed by atoms with van der Waals surface area (Å²) < 4.78 is 22.8. The lowest BCUT2D eigenvalue weighted by Gasteiger charge is -2.08. The monoisotopic (exact) mass is 181 g/mol. The Kier molecular flexibility index (Phi) is 3.47. The molecule has 0 aliphatic heterocycles. The second-order valence-corrected chi connectivity index (χ2v) is 4.54. The van der Waals surface area contributed by atoms with Gasteiger partial charge in [0.1, 0.15) is 0 Å². The first-order chi connectivity index (χ1) is 4.86.